The van der Waals surface area contributed by atoms with Gasteiger partial charge < -0.3 is 9.73 Å². The van der Waals surface area contributed by atoms with Crippen molar-refractivity contribution in [2.75, 3.05) is 0 Å². The second-order valence-electron chi connectivity index (χ2n) is 10.0. The van der Waals surface area contributed by atoms with Gasteiger partial charge in [-0.1, -0.05) is 62.4 Å². The van der Waals surface area contributed by atoms with Crippen molar-refractivity contribution in [3.8, 4) is 0 Å². The molecule has 1 saturated heterocycles. The van der Waals surface area contributed by atoms with Gasteiger partial charge in [0.25, 0.3) is 0 Å². The highest BCUT2D eigenvalue weighted by molar-refractivity contribution is 6.36. The number of nitrogens with zero attached hydrogens (tertiary/aromatic N) is 1. The first-order chi connectivity index (χ1) is 17.2. The fourth-order valence-corrected chi connectivity index (χ4v) is 7.47. The molecule has 7 rings (SSSR count). The second kappa shape index (κ2) is 7.95. The van der Waals surface area contributed by atoms with E-state index < -0.39 is 45.3 Å². The van der Waals surface area contributed by atoms with Crippen LogP contribution in [-0.4, -0.2) is 28.7 Å². The second-order valence-corrected chi connectivity index (χ2v) is 11.2. The minimum absolute atomic E-state index is 0.147. The molecule has 2 heterocycles. The zero-order chi connectivity index (χ0) is 25.4. The highest BCUT2D eigenvalue weighted by Crippen LogP contribution is 2.69. The molecule has 0 unspecified atom stereocenters. The predicted octanol–water partition coefficient (Wildman–Crippen LogP) is 4.51. The summed E-state index contributed by atoms with van der Waals surface area (Å²) in [6.45, 7) is 3.77. The van der Waals surface area contributed by atoms with Gasteiger partial charge in [-0.05, 0) is 40.3 Å². The normalized spacial score (nSPS) is 28.6. The van der Waals surface area contributed by atoms with Crippen LogP contribution in [0.25, 0.3) is 0 Å². The van der Waals surface area contributed by atoms with E-state index in [4.69, 9.17) is 27.6 Å². The van der Waals surface area contributed by atoms with Crippen LogP contribution in [0.5, 0.6) is 0 Å². The molecule has 1 aromatic heterocycles. The molecule has 3 aliphatic carbocycles. The maximum absolute atomic E-state index is 14.2. The van der Waals surface area contributed by atoms with E-state index in [1.165, 1.54) is 6.26 Å². The molecular formula is C28H24Cl2N2O4. The molecule has 0 spiro atoms. The molecule has 3 atom stereocenters. The summed E-state index contributed by atoms with van der Waals surface area (Å²) >= 11 is 14.9. The summed E-state index contributed by atoms with van der Waals surface area (Å²) in [7, 11) is 0. The van der Waals surface area contributed by atoms with E-state index >= 15 is 0 Å². The molecule has 184 valence electrons. The number of benzene rings is 2. The van der Waals surface area contributed by atoms with E-state index in [2.05, 4.69) is 5.32 Å². The third-order valence-corrected chi connectivity index (χ3v) is 9.10. The van der Waals surface area contributed by atoms with Gasteiger partial charge in [0.2, 0.25) is 17.7 Å². The molecule has 0 saturated carbocycles. The summed E-state index contributed by atoms with van der Waals surface area (Å²) in [4.78, 5) is 40.2. The average Bonchev–Trinajstić information content (AvgIpc) is 3.48. The predicted molar refractivity (Wildman–Crippen MR) is 134 cm³/mol. The summed E-state index contributed by atoms with van der Waals surface area (Å²) in [6, 6.07) is 17.4. The van der Waals surface area contributed by atoms with Gasteiger partial charge in [-0.3, -0.25) is 19.3 Å². The van der Waals surface area contributed by atoms with Gasteiger partial charge >= 0.3 is 0 Å². The van der Waals surface area contributed by atoms with Gasteiger partial charge in [0.05, 0.1) is 24.6 Å². The number of alkyl halides is 2. The monoisotopic (exact) mass is 522 g/mol. The topological polar surface area (TPSA) is 79.6 Å². The van der Waals surface area contributed by atoms with Crippen LogP contribution in [-0.2, 0) is 30.7 Å². The highest BCUT2D eigenvalue weighted by Gasteiger charge is 2.73. The fraction of sp³-hybridized carbons (Fsp3) is 0.321. The van der Waals surface area contributed by atoms with E-state index in [-0.39, 0.29) is 12.5 Å². The fourth-order valence-electron chi connectivity index (χ4n) is 6.37. The van der Waals surface area contributed by atoms with Crippen LogP contribution in [0.15, 0.2) is 71.3 Å². The van der Waals surface area contributed by atoms with Gasteiger partial charge in [-0.15, -0.1) is 23.2 Å². The molecule has 8 heteroatoms. The van der Waals surface area contributed by atoms with Crippen molar-refractivity contribution < 1.29 is 18.8 Å². The van der Waals surface area contributed by atoms with Crippen molar-refractivity contribution in [3.05, 3.63) is 94.9 Å². The summed E-state index contributed by atoms with van der Waals surface area (Å²) in [5.74, 6) is -3.02. The Bertz CT molecular complexity index is 1280. The van der Waals surface area contributed by atoms with Crippen LogP contribution >= 0.6 is 23.2 Å². The Kier molecular flexibility index (Phi) is 5.15. The van der Waals surface area contributed by atoms with Crippen LogP contribution in [0.4, 0.5) is 0 Å². The molecule has 3 amide bonds. The molecule has 4 aliphatic rings. The summed E-state index contributed by atoms with van der Waals surface area (Å²) in [5.41, 5.74) is 2.92. The number of carbonyl (C=O) groups is 3. The largest absolute Gasteiger partial charge is 0.467 e. The molecule has 3 aromatic rings. The van der Waals surface area contributed by atoms with E-state index in [1.54, 1.807) is 12.1 Å². The van der Waals surface area contributed by atoms with Crippen LogP contribution in [0.3, 0.4) is 0 Å². The van der Waals surface area contributed by atoms with E-state index in [0.717, 1.165) is 27.2 Å². The number of hydrogen-bond acceptors (Lipinski definition) is 4. The van der Waals surface area contributed by atoms with E-state index in [1.807, 2.05) is 62.4 Å². The number of amides is 3. The van der Waals surface area contributed by atoms with Crippen LogP contribution in [0.2, 0.25) is 0 Å². The minimum Gasteiger partial charge on any atom is -0.467 e. The van der Waals surface area contributed by atoms with Crippen molar-refractivity contribution in [1.82, 2.24) is 10.2 Å². The standard InChI is InChI=1S/C28H24Cl2N2O4/c1-15(2)23(24(33)31-14-16-8-7-13-36-16)32-25(34)21-22(26(32)35)28(30)18-10-4-3-9-17(18)27(21,29)19-11-5-6-12-20(19)28/h3-13,15,21-23H,14H2,1-2H3,(H,31,33)/t21-,22+,23-,27?,28?/m0/s1. The number of halogens is 2. The molecule has 1 N–H and O–H groups in total. The summed E-state index contributed by atoms with van der Waals surface area (Å²) in [5, 5.41) is 2.81. The van der Waals surface area contributed by atoms with Crippen LogP contribution < -0.4 is 5.32 Å². The Morgan fingerprint density at radius 1 is 0.889 bits per heavy atom. The Hall–Kier alpha value is -3.09. The van der Waals surface area contributed by atoms with Crippen LogP contribution in [0, 0.1) is 17.8 Å². The molecular weight excluding hydrogens is 499 g/mol. The van der Waals surface area contributed by atoms with Crippen LogP contribution in [0.1, 0.15) is 41.9 Å². The zero-order valence-corrected chi connectivity index (χ0v) is 21.2. The number of likely N-dealkylation sites (tertiary alicyclic amines) is 1. The molecule has 1 fully saturated rings. The Morgan fingerprint density at radius 2 is 1.36 bits per heavy atom. The third-order valence-electron chi connectivity index (χ3n) is 7.81. The molecule has 36 heavy (non-hydrogen) atoms. The number of furan rings is 1. The van der Waals surface area contributed by atoms with E-state index in [0.29, 0.717) is 5.76 Å². The number of rotatable bonds is 5. The lowest BCUT2D eigenvalue weighted by Crippen LogP contribution is -2.57. The molecule has 1 aliphatic heterocycles. The molecule has 6 nitrogen and oxygen atoms in total. The van der Waals surface area contributed by atoms with E-state index in [9.17, 15) is 14.4 Å². The lowest BCUT2D eigenvalue weighted by atomic mass is 9.54. The lowest BCUT2D eigenvalue weighted by molar-refractivity contribution is -0.149. The van der Waals surface area contributed by atoms with Gasteiger partial charge in [-0.25, -0.2) is 0 Å². The number of nitrogens with one attached hydrogen (secondary N) is 1. The number of carbonyl (C=O) groups excluding carboxylic acids is 3. The average molecular weight is 523 g/mol. The first-order valence-corrected chi connectivity index (χ1v) is 12.7. The summed E-state index contributed by atoms with van der Waals surface area (Å²) < 4.78 is 5.31. The van der Waals surface area contributed by atoms with Gasteiger partial charge in [-0.2, -0.15) is 0 Å². The smallest absolute Gasteiger partial charge is 0.243 e. The zero-order valence-electron chi connectivity index (χ0n) is 19.7. The highest BCUT2D eigenvalue weighted by atomic mass is 35.5. The van der Waals surface area contributed by atoms with Gasteiger partial charge in [0.15, 0.2) is 0 Å². The lowest BCUT2D eigenvalue weighted by Gasteiger charge is -2.54. The third kappa shape index (κ3) is 2.83. The van der Waals surface area contributed by atoms with Crippen molar-refractivity contribution in [2.24, 2.45) is 17.8 Å². The molecule has 0 radical (unpaired) electrons. The maximum atomic E-state index is 14.2. The minimum atomic E-state index is -1.28. The summed E-state index contributed by atoms with van der Waals surface area (Å²) in [6.07, 6.45) is 1.52. The Morgan fingerprint density at radius 3 is 1.75 bits per heavy atom. The van der Waals surface area contributed by atoms with Gasteiger partial charge in [0, 0.05) is 0 Å². The molecule has 2 aromatic carbocycles. The Balaban J connectivity index is 1.47. The SMILES string of the molecule is CC(C)[C@@H](C(=O)NCc1ccco1)N1C(=O)[C@@H]2[C@H](C1=O)C1(Cl)c3ccccc3C2(Cl)c2ccccc21. The first kappa shape index (κ1) is 23.3. The van der Waals surface area contributed by atoms with Crippen molar-refractivity contribution in [1.29, 1.82) is 0 Å². The van der Waals surface area contributed by atoms with Crippen molar-refractivity contribution in [3.63, 3.8) is 0 Å². The van der Waals surface area contributed by atoms with Gasteiger partial charge in [0.1, 0.15) is 21.6 Å². The maximum Gasteiger partial charge on any atom is 0.243 e. The van der Waals surface area contributed by atoms with Crippen molar-refractivity contribution in [2.45, 2.75) is 36.2 Å². The number of hydrogen-bond donors (Lipinski definition) is 1. The quantitative estimate of drug-likeness (QED) is 0.394. The van der Waals surface area contributed by atoms with Crippen molar-refractivity contribution >= 4 is 40.9 Å². The molecule has 2 bridgehead atoms. The number of imide groups is 1. The first-order valence-electron chi connectivity index (χ1n) is 12.0. The Labute approximate surface area is 218 Å².